The van der Waals surface area contributed by atoms with Crippen LogP contribution in [-0.2, 0) is 32.4 Å². The number of aryl methyl sites for hydroxylation is 1. The molecule has 4 aromatic carbocycles. The van der Waals surface area contributed by atoms with Crippen molar-refractivity contribution in [1.82, 2.24) is 10.0 Å². The van der Waals surface area contributed by atoms with Gasteiger partial charge in [0, 0.05) is 5.56 Å². The second-order valence-electron chi connectivity index (χ2n) is 9.53. The van der Waals surface area contributed by atoms with Gasteiger partial charge in [0.25, 0.3) is 5.91 Å². The summed E-state index contributed by atoms with van der Waals surface area (Å²) in [5, 5.41) is 2.95. The van der Waals surface area contributed by atoms with Crippen LogP contribution in [0.5, 0.6) is 0 Å². The highest BCUT2D eigenvalue weighted by atomic mass is 32.2. The first kappa shape index (κ1) is 28.7. The number of carbonyl (C=O) groups excluding carboxylic acids is 2. The molecule has 0 saturated carbocycles. The van der Waals surface area contributed by atoms with Crippen LogP contribution < -0.4 is 10.0 Å². The molecule has 7 nitrogen and oxygen atoms in total. The standard InChI is InChI=1S/C32H32N2O5S/c1-24-17-19-29(20-18-24)40(37,38)34-30(22-26-13-7-3-8-14-26)32(36)39-23-28(21-25-11-5-2-6-12-25)33-31(35)27-15-9-4-10-16-27/h2-20,28,30,34H,21-23H2,1H3,(H,33,35)/t28-,30+/m0/s1. The van der Waals surface area contributed by atoms with Crippen molar-refractivity contribution in [3.63, 3.8) is 0 Å². The van der Waals surface area contributed by atoms with Crippen molar-refractivity contribution in [1.29, 1.82) is 0 Å². The summed E-state index contributed by atoms with van der Waals surface area (Å²) in [6.45, 7) is 1.73. The molecule has 0 fully saturated rings. The molecule has 4 aromatic rings. The van der Waals surface area contributed by atoms with Gasteiger partial charge in [0.1, 0.15) is 12.6 Å². The Morgan fingerprint density at radius 3 is 1.82 bits per heavy atom. The molecule has 0 aliphatic rings. The zero-order valence-corrected chi connectivity index (χ0v) is 23.0. The molecule has 8 heteroatoms. The zero-order valence-electron chi connectivity index (χ0n) is 22.2. The van der Waals surface area contributed by atoms with Crippen molar-refractivity contribution in [2.24, 2.45) is 0 Å². The number of nitrogens with one attached hydrogen (secondary N) is 2. The van der Waals surface area contributed by atoms with E-state index in [9.17, 15) is 18.0 Å². The predicted octanol–water partition coefficient (Wildman–Crippen LogP) is 4.47. The Balaban J connectivity index is 1.51. The van der Waals surface area contributed by atoms with E-state index in [1.807, 2.05) is 73.7 Å². The quantitative estimate of drug-likeness (QED) is 0.251. The molecule has 0 radical (unpaired) electrons. The molecule has 2 N–H and O–H groups in total. The average molecular weight is 557 g/mol. The molecule has 0 saturated heterocycles. The van der Waals surface area contributed by atoms with Crippen LogP contribution in [0, 0.1) is 6.92 Å². The molecule has 0 aliphatic heterocycles. The third-order valence-electron chi connectivity index (χ3n) is 6.32. The molecule has 0 aromatic heterocycles. The van der Waals surface area contributed by atoms with E-state index in [2.05, 4.69) is 10.0 Å². The lowest BCUT2D eigenvalue weighted by molar-refractivity contribution is -0.146. The van der Waals surface area contributed by atoms with E-state index in [1.165, 1.54) is 12.1 Å². The molecule has 1 amide bonds. The van der Waals surface area contributed by atoms with Gasteiger partial charge in [0.2, 0.25) is 10.0 Å². The van der Waals surface area contributed by atoms with Crippen LogP contribution in [0.1, 0.15) is 27.0 Å². The van der Waals surface area contributed by atoms with Crippen LogP contribution in [0.2, 0.25) is 0 Å². The Labute approximate surface area is 235 Å². The highest BCUT2D eigenvalue weighted by molar-refractivity contribution is 7.89. The number of rotatable bonds is 12. The molecule has 2 atom stereocenters. The summed E-state index contributed by atoms with van der Waals surface area (Å²) in [5.74, 6) is -1.02. The first-order chi connectivity index (χ1) is 19.3. The van der Waals surface area contributed by atoms with Gasteiger partial charge in [0.15, 0.2) is 0 Å². The molecule has 0 heterocycles. The lowest BCUT2D eigenvalue weighted by Gasteiger charge is -2.22. The Kier molecular flexibility index (Phi) is 9.83. The van der Waals surface area contributed by atoms with Gasteiger partial charge in [-0.05, 0) is 55.2 Å². The molecule has 0 aliphatic carbocycles. The third kappa shape index (κ3) is 8.36. The minimum absolute atomic E-state index is 0.0565. The van der Waals surface area contributed by atoms with Gasteiger partial charge < -0.3 is 10.1 Å². The maximum Gasteiger partial charge on any atom is 0.324 e. The molecular formula is C32H32N2O5S. The van der Waals surface area contributed by atoms with Crippen LogP contribution >= 0.6 is 0 Å². The number of esters is 1. The van der Waals surface area contributed by atoms with Crippen molar-refractivity contribution < 1.29 is 22.7 Å². The number of benzene rings is 4. The summed E-state index contributed by atoms with van der Waals surface area (Å²) in [5.41, 5.74) is 3.13. The van der Waals surface area contributed by atoms with Gasteiger partial charge in [-0.25, -0.2) is 8.42 Å². The van der Waals surface area contributed by atoms with Crippen LogP contribution in [0.3, 0.4) is 0 Å². The van der Waals surface area contributed by atoms with Crippen LogP contribution in [0.25, 0.3) is 0 Å². The fraction of sp³-hybridized carbons (Fsp3) is 0.188. The van der Waals surface area contributed by atoms with E-state index in [0.717, 1.165) is 16.7 Å². The van der Waals surface area contributed by atoms with Crippen molar-refractivity contribution in [2.75, 3.05) is 6.61 Å². The van der Waals surface area contributed by atoms with Crippen molar-refractivity contribution in [3.8, 4) is 0 Å². The number of hydrogen-bond donors (Lipinski definition) is 2. The Bertz CT molecular complexity index is 1490. The number of hydrogen-bond acceptors (Lipinski definition) is 5. The van der Waals surface area contributed by atoms with Gasteiger partial charge in [-0.2, -0.15) is 4.72 Å². The zero-order chi connectivity index (χ0) is 28.4. The maximum absolute atomic E-state index is 13.4. The van der Waals surface area contributed by atoms with Gasteiger partial charge in [-0.15, -0.1) is 0 Å². The smallest absolute Gasteiger partial charge is 0.324 e. The predicted molar refractivity (Wildman–Crippen MR) is 154 cm³/mol. The summed E-state index contributed by atoms with van der Waals surface area (Å²) >= 11 is 0. The first-order valence-electron chi connectivity index (χ1n) is 13.0. The van der Waals surface area contributed by atoms with Crippen molar-refractivity contribution in [2.45, 2.75) is 36.7 Å². The monoisotopic (exact) mass is 556 g/mol. The summed E-state index contributed by atoms with van der Waals surface area (Å²) in [6.07, 6.45) is 0.523. The molecule has 0 unspecified atom stereocenters. The fourth-order valence-electron chi connectivity index (χ4n) is 4.19. The largest absolute Gasteiger partial charge is 0.462 e. The number of amides is 1. The Morgan fingerprint density at radius 2 is 1.25 bits per heavy atom. The lowest BCUT2D eigenvalue weighted by atomic mass is 10.1. The normalized spacial score (nSPS) is 12.7. The minimum atomic E-state index is -4.00. The van der Waals surface area contributed by atoms with Crippen LogP contribution in [-0.4, -0.2) is 39.0 Å². The second kappa shape index (κ2) is 13.7. The van der Waals surface area contributed by atoms with Gasteiger partial charge in [0.05, 0.1) is 10.9 Å². The van der Waals surface area contributed by atoms with E-state index < -0.39 is 28.1 Å². The van der Waals surface area contributed by atoms with Gasteiger partial charge in [-0.1, -0.05) is 96.6 Å². The topological polar surface area (TPSA) is 102 Å². The Hall–Kier alpha value is -4.27. The molecule has 40 heavy (non-hydrogen) atoms. The van der Waals surface area contributed by atoms with E-state index in [1.54, 1.807) is 36.4 Å². The number of ether oxygens (including phenoxy) is 1. The number of sulfonamides is 1. The SMILES string of the molecule is Cc1ccc(S(=O)(=O)N[C@H](Cc2ccccc2)C(=O)OC[C@H](Cc2ccccc2)NC(=O)c2ccccc2)cc1. The fourth-order valence-corrected chi connectivity index (χ4v) is 5.37. The molecule has 4 rings (SSSR count). The summed E-state index contributed by atoms with van der Waals surface area (Å²) in [7, 11) is -4.00. The highest BCUT2D eigenvalue weighted by Crippen LogP contribution is 2.14. The Morgan fingerprint density at radius 1 is 0.725 bits per heavy atom. The van der Waals surface area contributed by atoms with E-state index >= 15 is 0 Å². The van der Waals surface area contributed by atoms with Crippen molar-refractivity contribution >= 4 is 21.9 Å². The van der Waals surface area contributed by atoms with Crippen LogP contribution in [0.15, 0.2) is 120 Å². The summed E-state index contributed by atoms with van der Waals surface area (Å²) in [4.78, 5) is 26.3. The van der Waals surface area contributed by atoms with E-state index in [4.69, 9.17) is 4.74 Å². The third-order valence-corrected chi connectivity index (χ3v) is 7.81. The molecular weight excluding hydrogens is 524 g/mol. The molecule has 206 valence electrons. The van der Waals surface area contributed by atoms with Crippen LogP contribution in [0.4, 0.5) is 0 Å². The number of carbonyl (C=O) groups is 2. The molecule has 0 bridgehead atoms. The van der Waals surface area contributed by atoms with Gasteiger partial charge >= 0.3 is 5.97 Å². The minimum Gasteiger partial charge on any atom is -0.462 e. The lowest BCUT2D eigenvalue weighted by Crippen LogP contribution is -2.46. The summed E-state index contributed by atoms with van der Waals surface area (Å²) in [6, 6.07) is 32.1. The van der Waals surface area contributed by atoms with Gasteiger partial charge in [-0.3, -0.25) is 9.59 Å². The maximum atomic E-state index is 13.4. The van der Waals surface area contributed by atoms with Crippen molar-refractivity contribution in [3.05, 3.63) is 138 Å². The van der Waals surface area contributed by atoms with E-state index in [-0.39, 0.29) is 23.8 Å². The first-order valence-corrected chi connectivity index (χ1v) is 14.5. The molecule has 0 spiro atoms. The highest BCUT2D eigenvalue weighted by Gasteiger charge is 2.28. The second-order valence-corrected chi connectivity index (χ2v) is 11.2. The summed E-state index contributed by atoms with van der Waals surface area (Å²) < 4.78 is 34.5. The van der Waals surface area contributed by atoms with E-state index in [0.29, 0.717) is 12.0 Å². The average Bonchev–Trinajstić information content (AvgIpc) is 2.97.